The van der Waals surface area contributed by atoms with E-state index < -0.39 is 0 Å². The zero-order chi connectivity index (χ0) is 13.9. The van der Waals surface area contributed by atoms with E-state index in [0.717, 1.165) is 21.5 Å². The van der Waals surface area contributed by atoms with Crippen LogP contribution >= 0.6 is 11.3 Å². The van der Waals surface area contributed by atoms with Crippen LogP contribution in [-0.4, -0.2) is 29.0 Å². The standard InChI is InChI=1S/C14H14N4OS/c15-5-8-18-14(19)12-2-1-11(20-12)9-3-6-16-13-10(9)4-7-17-13/h1-4,6-7H,5,8,15H2,(H,16,17)(H,18,19). The zero-order valence-corrected chi connectivity index (χ0v) is 11.5. The van der Waals surface area contributed by atoms with Gasteiger partial charge in [0.1, 0.15) is 5.65 Å². The number of fused-ring (bicyclic) bond motifs is 1. The minimum Gasteiger partial charge on any atom is -0.350 e. The van der Waals surface area contributed by atoms with Crippen LogP contribution in [0.5, 0.6) is 0 Å². The Morgan fingerprint density at radius 2 is 2.25 bits per heavy atom. The Balaban J connectivity index is 1.94. The Morgan fingerprint density at radius 1 is 1.35 bits per heavy atom. The maximum Gasteiger partial charge on any atom is 0.261 e. The predicted molar refractivity (Wildman–Crippen MR) is 80.8 cm³/mol. The van der Waals surface area contributed by atoms with E-state index in [0.29, 0.717) is 18.0 Å². The highest BCUT2D eigenvalue weighted by atomic mass is 32.1. The number of rotatable bonds is 4. The van der Waals surface area contributed by atoms with Gasteiger partial charge in [0, 0.05) is 41.3 Å². The summed E-state index contributed by atoms with van der Waals surface area (Å²) in [5.41, 5.74) is 7.31. The number of hydrogen-bond acceptors (Lipinski definition) is 4. The molecule has 3 heterocycles. The van der Waals surface area contributed by atoms with Gasteiger partial charge in [0.05, 0.1) is 4.88 Å². The van der Waals surface area contributed by atoms with Gasteiger partial charge in [0.2, 0.25) is 0 Å². The van der Waals surface area contributed by atoms with E-state index in [1.165, 1.54) is 11.3 Å². The molecule has 20 heavy (non-hydrogen) atoms. The molecule has 0 aliphatic carbocycles. The number of pyridine rings is 1. The van der Waals surface area contributed by atoms with Gasteiger partial charge < -0.3 is 16.0 Å². The highest BCUT2D eigenvalue weighted by molar-refractivity contribution is 7.17. The Labute approximate surface area is 119 Å². The highest BCUT2D eigenvalue weighted by Crippen LogP contribution is 2.32. The number of aromatic amines is 1. The van der Waals surface area contributed by atoms with Crippen molar-refractivity contribution in [2.75, 3.05) is 13.1 Å². The van der Waals surface area contributed by atoms with Gasteiger partial charge in [0.15, 0.2) is 0 Å². The van der Waals surface area contributed by atoms with Crippen LogP contribution in [0.4, 0.5) is 0 Å². The molecular formula is C14H14N4OS. The van der Waals surface area contributed by atoms with E-state index in [-0.39, 0.29) is 5.91 Å². The van der Waals surface area contributed by atoms with Crippen LogP contribution in [-0.2, 0) is 0 Å². The van der Waals surface area contributed by atoms with Gasteiger partial charge in [-0.25, -0.2) is 4.98 Å². The predicted octanol–water partition coefficient (Wildman–Crippen LogP) is 1.98. The SMILES string of the molecule is NCCNC(=O)c1ccc(-c2ccnc3[nH]ccc23)s1. The van der Waals surface area contributed by atoms with Crippen molar-refractivity contribution in [3.8, 4) is 10.4 Å². The molecule has 0 radical (unpaired) electrons. The molecule has 102 valence electrons. The van der Waals surface area contributed by atoms with Crippen LogP contribution in [0.25, 0.3) is 21.5 Å². The van der Waals surface area contributed by atoms with E-state index in [1.54, 1.807) is 6.20 Å². The molecule has 3 aromatic heterocycles. The molecule has 0 aliphatic rings. The number of nitrogens with one attached hydrogen (secondary N) is 2. The fourth-order valence-electron chi connectivity index (χ4n) is 2.05. The van der Waals surface area contributed by atoms with Gasteiger partial charge in [0.25, 0.3) is 5.91 Å². The molecule has 0 atom stereocenters. The number of nitrogens with zero attached hydrogens (tertiary/aromatic N) is 1. The number of nitrogens with two attached hydrogens (primary N) is 1. The second-order valence-electron chi connectivity index (χ2n) is 4.31. The monoisotopic (exact) mass is 286 g/mol. The molecule has 0 fully saturated rings. The number of H-pyrrole nitrogens is 1. The second-order valence-corrected chi connectivity index (χ2v) is 5.39. The fraction of sp³-hybridized carbons (Fsp3) is 0.143. The second kappa shape index (κ2) is 5.44. The summed E-state index contributed by atoms with van der Waals surface area (Å²) in [6.45, 7) is 0.932. The van der Waals surface area contributed by atoms with Crippen LogP contribution in [0.2, 0.25) is 0 Å². The van der Waals surface area contributed by atoms with Crippen molar-refractivity contribution in [2.45, 2.75) is 0 Å². The lowest BCUT2D eigenvalue weighted by atomic mass is 10.1. The summed E-state index contributed by atoms with van der Waals surface area (Å²) < 4.78 is 0. The minimum atomic E-state index is -0.0777. The molecule has 6 heteroatoms. The molecule has 1 amide bonds. The molecule has 0 unspecified atom stereocenters. The Hall–Kier alpha value is -2.18. The van der Waals surface area contributed by atoms with Crippen LogP contribution < -0.4 is 11.1 Å². The minimum absolute atomic E-state index is 0.0777. The van der Waals surface area contributed by atoms with Crippen molar-refractivity contribution < 1.29 is 4.79 Å². The average molecular weight is 286 g/mol. The zero-order valence-electron chi connectivity index (χ0n) is 10.7. The van der Waals surface area contributed by atoms with Gasteiger partial charge >= 0.3 is 0 Å². The van der Waals surface area contributed by atoms with Crippen LogP contribution in [0.15, 0.2) is 36.7 Å². The largest absolute Gasteiger partial charge is 0.350 e. The number of aromatic nitrogens is 2. The lowest BCUT2D eigenvalue weighted by molar-refractivity contribution is 0.0959. The van der Waals surface area contributed by atoms with Crippen LogP contribution in [0.1, 0.15) is 9.67 Å². The topological polar surface area (TPSA) is 83.8 Å². The van der Waals surface area contributed by atoms with Crippen molar-refractivity contribution in [1.82, 2.24) is 15.3 Å². The van der Waals surface area contributed by atoms with E-state index in [2.05, 4.69) is 15.3 Å². The first-order valence-electron chi connectivity index (χ1n) is 6.30. The van der Waals surface area contributed by atoms with Crippen LogP contribution in [0, 0.1) is 0 Å². The maximum absolute atomic E-state index is 11.9. The molecule has 0 bridgehead atoms. The third-order valence-electron chi connectivity index (χ3n) is 2.99. The van der Waals surface area contributed by atoms with Gasteiger partial charge in [-0.15, -0.1) is 11.3 Å². The summed E-state index contributed by atoms with van der Waals surface area (Å²) in [6, 6.07) is 7.75. The fourth-order valence-corrected chi connectivity index (χ4v) is 3.02. The first kappa shape index (κ1) is 12.8. The molecule has 0 saturated heterocycles. The molecule has 0 spiro atoms. The van der Waals surface area contributed by atoms with E-state index in [1.807, 2.05) is 30.5 Å². The Kier molecular flexibility index (Phi) is 3.49. The molecule has 3 rings (SSSR count). The van der Waals surface area contributed by atoms with Crippen molar-refractivity contribution >= 4 is 28.3 Å². The molecule has 0 saturated carbocycles. The summed E-state index contributed by atoms with van der Waals surface area (Å²) in [5, 5.41) is 3.83. The molecule has 4 N–H and O–H groups in total. The van der Waals surface area contributed by atoms with E-state index >= 15 is 0 Å². The lowest BCUT2D eigenvalue weighted by Crippen LogP contribution is -2.28. The van der Waals surface area contributed by atoms with Gasteiger partial charge in [-0.1, -0.05) is 0 Å². The molecule has 5 nitrogen and oxygen atoms in total. The quantitative estimate of drug-likeness (QED) is 0.685. The Morgan fingerprint density at radius 3 is 3.10 bits per heavy atom. The third kappa shape index (κ3) is 2.31. The summed E-state index contributed by atoms with van der Waals surface area (Å²) in [7, 11) is 0. The van der Waals surface area contributed by atoms with Crippen LogP contribution in [0.3, 0.4) is 0 Å². The van der Waals surface area contributed by atoms with E-state index in [4.69, 9.17) is 5.73 Å². The third-order valence-corrected chi connectivity index (χ3v) is 4.10. The summed E-state index contributed by atoms with van der Waals surface area (Å²) >= 11 is 1.47. The van der Waals surface area contributed by atoms with Crippen molar-refractivity contribution in [1.29, 1.82) is 0 Å². The first-order valence-corrected chi connectivity index (χ1v) is 7.12. The lowest BCUT2D eigenvalue weighted by Gasteiger charge is -2.00. The first-order chi connectivity index (χ1) is 9.79. The average Bonchev–Trinajstić information content (AvgIpc) is 3.12. The summed E-state index contributed by atoms with van der Waals surface area (Å²) in [4.78, 5) is 21.0. The number of carbonyl (C=O) groups is 1. The normalized spacial score (nSPS) is 10.8. The number of carbonyl (C=O) groups excluding carboxylic acids is 1. The smallest absolute Gasteiger partial charge is 0.261 e. The van der Waals surface area contributed by atoms with E-state index in [9.17, 15) is 4.79 Å². The molecule has 3 aromatic rings. The number of hydrogen-bond donors (Lipinski definition) is 3. The Bertz CT molecular complexity index is 746. The highest BCUT2D eigenvalue weighted by Gasteiger charge is 2.12. The van der Waals surface area contributed by atoms with Crippen molar-refractivity contribution in [3.05, 3.63) is 41.5 Å². The summed E-state index contributed by atoms with van der Waals surface area (Å²) in [6.07, 6.45) is 3.63. The molecule has 0 aliphatic heterocycles. The summed E-state index contributed by atoms with van der Waals surface area (Å²) in [5.74, 6) is -0.0777. The van der Waals surface area contributed by atoms with Crippen molar-refractivity contribution in [3.63, 3.8) is 0 Å². The number of amides is 1. The number of thiophene rings is 1. The van der Waals surface area contributed by atoms with Gasteiger partial charge in [-0.2, -0.15) is 0 Å². The van der Waals surface area contributed by atoms with Gasteiger partial charge in [-0.05, 0) is 24.3 Å². The maximum atomic E-state index is 11.9. The molecule has 0 aromatic carbocycles. The van der Waals surface area contributed by atoms with Gasteiger partial charge in [-0.3, -0.25) is 4.79 Å². The molecular weight excluding hydrogens is 272 g/mol. The van der Waals surface area contributed by atoms with Crippen molar-refractivity contribution in [2.24, 2.45) is 5.73 Å².